The molecule has 0 aromatic carbocycles. The summed E-state index contributed by atoms with van der Waals surface area (Å²) < 4.78 is 0. The molecule has 1 saturated heterocycles. The van der Waals surface area contributed by atoms with Gasteiger partial charge in [-0.25, -0.2) is 0 Å². The fourth-order valence-corrected chi connectivity index (χ4v) is 2.15. The van der Waals surface area contributed by atoms with E-state index >= 15 is 0 Å². The van der Waals surface area contributed by atoms with Crippen LogP contribution in [0.1, 0.15) is 26.2 Å². The van der Waals surface area contributed by atoms with Crippen molar-refractivity contribution in [3.05, 3.63) is 64.4 Å². The molecule has 0 spiro atoms. The van der Waals surface area contributed by atoms with Crippen LogP contribution in [0.25, 0.3) is 0 Å². The van der Waals surface area contributed by atoms with Gasteiger partial charge >= 0.3 is 0 Å². The van der Waals surface area contributed by atoms with Crippen molar-refractivity contribution in [2.45, 2.75) is 32.2 Å². The Bertz CT molecular complexity index is 1360. The van der Waals surface area contributed by atoms with Gasteiger partial charge in [0, 0.05) is 55.7 Å². The Kier molecular flexibility index (Phi) is 13.1. The van der Waals surface area contributed by atoms with Crippen LogP contribution in [0.5, 0.6) is 0 Å². The highest BCUT2D eigenvalue weighted by Gasteiger charge is 2.20. The van der Waals surface area contributed by atoms with E-state index in [1.54, 1.807) is 0 Å². The molecule has 1 aliphatic heterocycles. The second-order valence-electron chi connectivity index (χ2n) is 5.55. The van der Waals surface area contributed by atoms with E-state index in [1.165, 1.54) is 6.92 Å². The van der Waals surface area contributed by atoms with Crippen molar-refractivity contribution in [3.63, 3.8) is 0 Å². The first kappa shape index (κ1) is 23.9. The monoisotopic (exact) mass is 396 g/mol. The SMILES string of the molecule is C=C=C=C=C=C=C=C=C=C=CN1CCCC1CC#CC#CC#CC#CC#CNC(C)=O. The summed E-state index contributed by atoms with van der Waals surface area (Å²) in [4.78, 5) is 12.7. The summed E-state index contributed by atoms with van der Waals surface area (Å²) in [5.74, 6) is 23.4. The third-order valence-electron chi connectivity index (χ3n) is 3.35. The molecule has 1 heterocycles. The summed E-state index contributed by atoms with van der Waals surface area (Å²) in [5.41, 5.74) is 23.5. The first-order valence-corrected chi connectivity index (χ1v) is 9.10. The summed E-state index contributed by atoms with van der Waals surface area (Å²) >= 11 is 0. The molecular weight excluding hydrogens is 380 g/mol. The minimum atomic E-state index is -0.239. The van der Waals surface area contributed by atoms with E-state index < -0.39 is 0 Å². The topological polar surface area (TPSA) is 32.3 Å². The zero-order chi connectivity index (χ0) is 22.4. The molecule has 1 fully saturated rings. The van der Waals surface area contributed by atoms with Crippen molar-refractivity contribution in [2.24, 2.45) is 0 Å². The fourth-order valence-electron chi connectivity index (χ4n) is 2.15. The minimum absolute atomic E-state index is 0.239. The predicted molar refractivity (Wildman–Crippen MR) is 119 cm³/mol. The molecular formula is C28H16N2O. The van der Waals surface area contributed by atoms with Gasteiger partial charge in [-0.2, -0.15) is 0 Å². The summed E-state index contributed by atoms with van der Waals surface area (Å²) in [5, 5.41) is 2.30. The summed E-state index contributed by atoms with van der Waals surface area (Å²) in [6.07, 6.45) is 4.71. The number of hydrogen-bond donors (Lipinski definition) is 1. The molecule has 0 aromatic rings. The fraction of sp³-hybridized carbons (Fsp3) is 0.214. The third kappa shape index (κ3) is 13.6. The second-order valence-corrected chi connectivity index (χ2v) is 5.55. The quantitative estimate of drug-likeness (QED) is 0.442. The lowest BCUT2D eigenvalue weighted by Gasteiger charge is -2.18. The summed E-state index contributed by atoms with van der Waals surface area (Å²) in [7, 11) is 0. The van der Waals surface area contributed by atoms with Crippen LogP contribution in [0.2, 0.25) is 0 Å². The molecule has 1 rings (SSSR count). The van der Waals surface area contributed by atoms with E-state index in [4.69, 9.17) is 0 Å². The van der Waals surface area contributed by atoms with Gasteiger partial charge < -0.3 is 4.90 Å². The van der Waals surface area contributed by atoms with E-state index in [9.17, 15) is 4.79 Å². The average Bonchev–Trinajstić information content (AvgIpc) is 3.20. The molecule has 31 heavy (non-hydrogen) atoms. The molecule has 144 valence electrons. The van der Waals surface area contributed by atoms with Crippen LogP contribution in [0.4, 0.5) is 0 Å². The van der Waals surface area contributed by atoms with Crippen LogP contribution in [0, 0.1) is 59.3 Å². The van der Waals surface area contributed by atoms with Gasteiger partial charge in [0.25, 0.3) is 0 Å². The highest BCUT2D eigenvalue weighted by atomic mass is 16.1. The Morgan fingerprint density at radius 2 is 1.55 bits per heavy atom. The van der Waals surface area contributed by atoms with Gasteiger partial charge in [0.1, 0.15) is 0 Å². The standard InChI is InChI=1S/C28H16N2O/c1-3-4-5-6-7-11-14-17-20-25-30-26-21-23-28(30)22-18-15-12-9-8-10-13-16-19-24-29-27(2)31/h25,28H,1,21-23,26H2,2H3,(H,29,31). The molecule has 1 atom stereocenters. The van der Waals surface area contributed by atoms with Crippen LogP contribution < -0.4 is 5.32 Å². The lowest BCUT2D eigenvalue weighted by Crippen LogP contribution is -2.22. The smallest absolute Gasteiger partial charge is 0.228 e. The van der Waals surface area contributed by atoms with Crippen molar-refractivity contribution in [3.8, 4) is 59.3 Å². The van der Waals surface area contributed by atoms with Crippen LogP contribution in [-0.2, 0) is 4.79 Å². The number of carbonyl (C=O) groups excluding carboxylic acids is 1. The molecule has 1 unspecified atom stereocenters. The van der Waals surface area contributed by atoms with Gasteiger partial charge in [-0.05, 0) is 89.0 Å². The molecule has 0 radical (unpaired) electrons. The lowest BCUT2D eigenvalue weighted by atomic mass is 10.1. The molecule has 1 aliphatic rings. The molecule has 1 N–H and O–H groups in total. The molecule has 0 bridgehead atoms. The number of amides is 1. The first-order valence-electron chi connectivity index (χ1n) is 9.10. The van der Waals surface area contributed by atoms with E-state index in [-0.39, 0.29) is 5.91 Å². The Morgan fingerprint density at radius 1 is 0.935 bits per heavy atom. The molecule has 0 aromatic heterocycles. The van der Waals surface area contributed by atoms with Crippen LogP contribution in [0.3, 0.4) is 0 Å². The zero-order valence-corrected chi connectivity index (χ0v) is 17.0. The van der Waals surface area contributed by atoms with Crippen molar-refractivity contribution in [2.75, 3.05) is 6.54 Å². The first-order chi connectivity index (χ1) is 15.2. The average molecular weight is 396 g/mol. The number of carbonyl (C=O) groups is 1. The Morgan fingerprint density at radius 3 is 2.23 bits per heavy atom. The molecule has 3 heteroatoms. The number of rotatable bonds is 2. The van der Waals surface area contributed by atoms with E-state index in [1.807, 2.05) is 6.20 Å². The van der Waals surface area contributed by atoms with Crippen molar-refractivity contribution >= 4 is 5.91 Å². The van der Waals surface area contributed by atoms with Crippen LogP contribution >= 0.6 is 0 Å². The van der Waals surface area contributed by atoms with Crippen molar-refractivity contribution in [1.82, 2.24) is 10.2 Å². The number of nitrogens with one attached hydrogen (secondary N) is 1. The zero-order valence-electron chi connectivity index (χ0n) is 17.0. The maximum absolute atomic E-state index is 10.6. The van der Waals surface area contributed by atoms with E-state index in [0.29, 0.717) is 12.5 Å². The van der Waals surface area contributed by atoms with Gasteiger partial charge in [0.2, 0.25) is 5.91 Å². The van der Waals surface area contributed by atoms with Crippen molar-refractivity contribution in [1.29, 1.82) is 0 Å². The van der Waals surface area contributed by atoms with Crippen LogP contribution in [-0.4, -0.2) is 23.4 Å². The maximum Gasteiger partial charge on any atom is 0.228 e. The van der Waals surface area contributed by atoms with E-state index in [0.717, 1.165) is 19.4 Å². The van der Waals surface area contributed by atoms with E-state index in [2.05, 4.69) is 128 Å². The third-order valence-corrected chi connectivity index (χ3v) is 3.35. The highest BCUT2D eigenvalue weighted by molar-refractivity contribution is 5.74. The van der Waals surface area contributed by atoms with Gasteiger partial charge in [-0.1, -0.05) is 11.7 Å². The molecule has 0 aliphatic carbocycles. The molecule has 3 nitrogen and oxygen atoms in total. The maximum atomic E-state index is 10.6. The number of likely N-dealkylation sites (tertiary alicyclic amines) is 1. The Hall–Kier alpha value is -5.17. The minimum Gasteiger partial charge on any atom is -0.367 e. The normalized spacial score (nSPS) is 11.1. The highest BCUT2D eigenvalue weighted by Crippen LogP contribution is 2.19. The predicted octanol–water partition coefficient (Wildman–Crippen LogP) is 2.49. The molecule has 1 amide bonds. The molecule has 0 saturated carbocycles. The van der Waals surface area contributed by atoms with Gasteiger partial charge in [0.15, 0.2) is 0 Å². The van der Waals surface area contributed by atoms with Crippen LogP contribution in [0.15, 0.2) is 64.4 Å². The second kappa shape index (κ2) is 17.0. The van der Waals surface area contributed by atoms with Gasteiger partial charge in [-0.3, -0.25) is 10.1 Å². The number of nitrogens with zero attached hydrogens (tertiary/aromatic N) is 1. The summed E-state index contributed by atoms with van der Waals surface area (Å²) in [6, 6.07) is 2.70. The van der Waals surface area contributed by atoms with Gasteiger partial charge in [-0.15, -0.1) is 0 Å². The lowest BCUT2D eigenvalue weighted by molar-refractivity contribution is -0.117. The van der Waals surface area contributed by atoms with Crippen molar-refractivity contribution < 1.29 is 4.79 Å². The summed E-state index contributed by atoms with van der Waals surface area (Å²) in [6.45, 7) is 5.66. The van der Waals surface area contributed by atoms with Gasteiger partial charge in [0.05, 0.1) is 6.20 Å². The largest absolute Gasteiger partial charge is 0.367 e. The number of hydrogen-bond acceptors (Lipinski definition) is 2. The Balaban J connectivity index is 2.62. The Labute approximate surface area is 183 Å².